The van der Waals surface area contributed by atoms with Gasteiger partial charge in [0.2, 0.25) is 0 Å². The summed E-state index contributed by atoms with van der Waals surface area (Å²) < 4.78 is 18.0. The fourth-order valence-corrected chi connectivity index (χ4v) is 2.70. The highest BCUT2D eigenvalue weighted by molar-refractivity contribution is 7.13. The van der Waals surface area contributed by atoms with Crippen LogP contribution in [0.15, 0.2) is 42.3 Å². The zero-order valence-corrected chi connectivity index (χ0v) is 14.5. The van der Waals surface area contributed by atoms with Crippen LogP contribution in [0.3, 0.4) is 0 Å². The lowest BCUT2D eigenvalue weighted by Gasteiger charge is -2.20. The zero-order chi connectivity index (χ0) is 18.2. The first-order valence-electron chi connectivity index (χ1n) is 7.58. The smallest absolute Gasteiger partial charge is 0.358 e. The second kappa shape index (κ2) is 8.93. The Hall–Kier alpha value is -2.74. The van der Waals surface area contributed by atoms with E-state index in [4.69, 9.17) is 4.74 Å². The summed E-state index contributed by atoms with van der Waals surface area (Å²) in [7, 11) is 0. The first kappa shape index (κ1) is 18.6. The highest BCUT2D eigenvalue weighted by Gasteiger charge is 2.18. The predicted molar refractivity (Wildman–Crippen MR) is 95.5 cm³/mol. The highest BCUT2D eigenvalue weighted by atomic mass is 32.1. The average molecular weight is 363 g/mol. The monoisotopic (exact) mass is 363 g/mol. The number of nitrogens with one attached hydrogen (secondary N) is 1. The molecule has 1 aromatic heterocycles. The van der Waals surface area contributed by atoms with E-state index in [1.165, 1.54) is 40.5 Å². The molecule has 8 heteroatoms. The second-order valence-corrected chi connectivity index (χ2v) is 5.76. The summed E-state index contributed by atoms with van der Waals surface area (Å²) in [6.45, 7) is 5.84. The molecule has 0 atom stereocenters. The van der Waals surface area contributed by atoms with E-state index in [-0.39, 0.29) is 11.5 Å². The number of nitrogens with zero attached hydrogens (tertiary/aromatic N) is 2. The maximum absolute atomic E-state index is 13.0. The molecule has 0 aliphatic heterocycles. The van der Waals surface area contributed by atoms with Crippen LogP contribution in [0, 0.1) is 5.82 Å². The Bertz CT molecular complexity index is 746. The van der Waals surface area contributed by atoms with Gasteiger partial charge in [-0.3, -0.25) is 4.79 Å². The highest BCUT2D eigenvalue weighted by Crippen LogP contribution is 2.17. The number of hydrogen-bond acceptors (Lipinski definition) is 6. The van der Waals surface area contributed by atoms with Gasteiger partial charge in [-0.25, -0.2) is 14.2 Å². The number of amides is 1. The quantitative estimate of drug-likeness (QED) is 0.576. The molecule has 0 bridgehead atoms. The molecule has 6 nitrogen and oxygen atoms in total. The minimum absolute atomic E-state index is 0.134. The van der Waals surface area contributed by atoms with Crippen LogP contribution in [0.25, 0.3) is 0 Å². The van der Waals surface area contributed by atoms with Crippen LogP contribution >= 0.6 is 11.3 Å². The summed E-state index contributed by atoms with van der Waals surface area (Å²) in [5, 5.41) is 5.08. The van der Waals surface area contributed by atoms with Crippen molar-refractivity contribution in [3.8, 4) is 0 Å². The van der Waals surface area contributed by atoms with Gasteiger partial charge in [-0.15, -0.1) is 17.9 Å². The van der Waals surface area contributed by atoms with Crippen molar-refractivity contribution in [3.05, 3.63) is 53.8 Å². The number of benzene rings is 1. The molecule has 132 valence electrons. The molecule has 0 aliphatic carbocycles. The van der Waals surface area contributed by atoms with Crippen molar-refractivity contribution in [3.63, 3.8) is 0 Å². The zero-order valence-electron chi connectivity index (χ0n) is 13.7. The Labute approximate surface area is 148 Å². The van der Waals surface area contributed by atoms with Crippen molar-refractivity contribution in [1.29, 1.82) is 0 Å². The Kier molecular flexibility index (Phi) is 6.64. The average Bonchev–Trinajstić information content (AvgIpc) is 3.09. The summed E-state index contributed by atoms with van der Waals surface area (Å²) in [6, 6.07) is 5.53. The molecular formula is C17H18FN3O3S. The van der Waals surface area contributed by atoms with E-state index in [2.05, 4.69) is 16.9 Å². The SMILES string of the molecule is C=CCNc1nc(C(=O)OCC(=O)N(CC)c2ccc(F)cc2)cs1. The molecule has 0 saturated carbocycles. The van der Waals surface area contributed by atoms with E-state index in [9.17, 15) is 14.0 Å². The van der Waals surface area contributed by atoms with Gasteiger partial charge >= 0.3 is 5.97 Å². The van der Waals surface area contributed by atoms with Crippen LogP contribution in [0.1, 0.15) is 17.4 Å². The normalized spacial score (nSPS) is 10.2. The lowest BCUT2D eigenvalue weighted by molar-refractivity contribution is -0.121. The molecule has 0 unspecified atom stereocenters. The number of carbonyl (C=O) groups is 2. The van der Waals surface area contributed by atoms with Gasteiger partial charge in [0.05, 0.1) is 0 Å². The number of rotatable bonds is 8. The molecule has 1 N–H and O–H groups in total. The third-order valence-electron chi connectivity index (χ3n) is 3.19. The first-order chi connectivity index (χ1) is 12.0. The Balaban J connectivity index is 1.93. The van der Waals surface area contributed by atoms with Crippen LogP contribution in [0.4, 0.5) is 15.2 Å². The maximum atomic E-state index is 13.0. The van der Waals surface area contributed by atoms with E-state index >= 15 is 0 Å². The van der Waals surface area contributed by atoms with Gasteiger partial charge in [-0.05, 0) is 31.2 Å². The number of halogens is 1. The molecule has 0 saturated heterocycles. The topological polar surface area (TPSA) is 71.5 Å². The molecule has 0 fully saturated rings. The van der Waals surface area contributed by atoms with Gasteiger partial charge in [0.25, 0.3) is 5.91 Å². The second-order valence-electron chi connectivity index (χ2n) is 4.90. The number of anilines is 2. The number of carbonyl (C=O) groups excluding carboxylic acids is 2. The van der Waals surface area contributed by atoms with E-state index < -0.39 is 18.5 Å². The van der Waals surface area contributed by atoms with Gasteiger partial charge in [0, 0.05) is 24.2 Å². The number of ether oxygens (including phenoxy) is 1. The lowest BCUT2D eigenvalue weighted by atomic mass is 10.2. The van der Waals surface area contributed by atoms with Crippen molar-refractivity contribution in [2.24, 2.45) is 0 Å². The summed E-state index contributed by atoms with van der Waals surface area (Å²) >= 11 is 1.26. The van der Waals surface area contributed by atoms with Gasteiger partial charge in [-0.1, -0.05) is 6.08 Å². The van der Waals surface area contributed by atoms with E-state index in [0.717, 1.165) is 0 Å². The number of aromatic nitrogens is 1. The number of hydrogen-bond donors (Lipinski definition) is 1. The summed E-state index contributed by atoms with van der Waals surface area (Å²) in [5.74, 6) is -1.46. The fraction of sp³-hybridized carbons (Fsp3) is 0.235. The third-order valence-corrected chi connectivity index (χ3v) is 3.99. The molecule has 2 aromatic rings. The van der Waals surface area contributed by atoms with Crippen molar-refractivity contribution in [1.82, 2.24) is 4.98 Å². The first-order valence-corrected chi connectivity index (χ1v) is 8.46. The largest absolute Gasteiger partial charge is 0.451 e. The standard InChI is InChI=1S/C17H18FN3O3S/c1-3-9-19-17-20-14(11-25-17)16(23)24-10-15(22)21(4-2)13-7-5-12(18)6-8-13/h3,5-8,11H,1,4,9-10H2,2H3,(H,19,20). The third kappa shape index (κ3) is 5.12. The minimum atomic E-state index is -0.675. The van der Waals surface area contributed by atoms with E-state index in [1.807, 2.05) is 0 Å². The number of likely N-dealkylation sites (N-methyl/N-ethyl adjacent to an activating group) is 1. The van der Waals surface area contributed by atoms with Gasteiger partial charge < -0.3 is 15.0 Å². The molecule has 25 heavy (non-hydrogen) atoms. The molecule has 0 radical (unpaired) electrons. The molecule has 0 aliphatic rings. The van der Waals surface area contributed by atoms with Crippen molar-refractivity contribution in [2.75, 3.05) is 29.9 Å². The van der Waals surface area contributed by atoms with E-state index in [1.54, 1.807) is 18.4 Å². The van der Waals surface area contributed by atoms with Crippen molar-refractivity contribution in [2.45, 2.75) is 6.92 Å². The summed E-state index contributed by atoms with van der Waals surface area (Å²) in [4.78, 5) is 29.7. The lowest BCUT2D eigenvalue weighted by Crippen LogP contribution is -2.34. The van der Waals surface area contributed by atoms with Gasteiger partial charge in [0.1, 0.15) is 5.82 Å². The van der Waals surface area contributed by atoms with Crippen molar-refractivity contribution < 1.29 is 18.7 Å². The predicted octanol–water partition coefficient (Wildman–Crippen LogP) is 3.09. The Morgan fingerprint density at radius 3 is 2.76 bits per heavy atom. The molecular weight excluding hydrogens is 345 g/mol. The minimum Gasteiger partial charge on any atom is -0.451 e. The van der Waals surface area contributed by atoms with Crippen molar-refractivity contribution >= 4 is 34.0 Å². The molecule has 1 heterocycles. The fourth-order valence-electron chi connectivity index (χ4n) is 2.01. The van der Waals surface area contributed by atoms with Crippen LogP contribution in [-0.4, -0.2) is 36.6 Å². The Morgan fingerprint density at radius 1 is 1.40 bits per heavy atom. The molecule has 0 spiro atoms. The maximum Gasteiger partial charge on any atom is 0.358 e. The van der Waals surface area contributed by atoms with Gasteiger partial charge in [0.15, 0.2) is 17.4 Å². The van der Waals surface area contributed by atoms with Crippen LogP contribution in [0.5, 0.6) is 0 Å². The number of thiazole rings is 1. The molecule has 2 rings (SSSR count). The Morgan fingerprint density at radius 2 is 2.12 bits per heavy atom. The van der Waals surface area contributed by atoms with Crippen LogP contribution in [-0.2, 0) is 9.53 Å². The van der Waals surface area contributed by atoms with Crippen LogP contribution in [0.2, 0.25) is 0 Å². The van der Waals surface area contributed by atoms with Crippen LogP contribution < -0.4 is 10.2 Å². The van der Waals surface area contributed by atoms with Gasteiger partial charge in [-0.2, -0.15) is 0 Å². The van der Waals surface area contributed by atoms with E-state index in [0.29, 0.717) is 23.9 Å². The molecule has 1 amide bonds. The number of esters is 1. The summed E-state index contributed by atoms with van der Waals surface area (Å²) in [6.07, 6.45) is 1.67. The summed E-state index contributed by atoms with van der Waals surface area (Å²) in [5.41, 5.74) is 0.670. The molecule has 1 aromatic carbocycles.